The molecule has 132 valence electrons. The van der Waals surface area contributed by atoms with Gasteiger partial charge in [0, 0.05) is 18.6 Å². The van der Waals surface area contributed by atoms with Gasteiger partial charge in [0.25, 0.3) is 0 Å². The van der Waals surface area contributed by atoms with Crippen molar-refractivity contribution in [3.8, 4) is 5.75 Å². The number of hydrogen-bond acceptors (Lipinski definition) is 3. The second-order valence-corrected chi connectivity index (χ2v) is 6.91. The first-order valence-corrected chi connectivity index (χ1v) is 9.05. The summed E-state index contributed by atoms with van der Waals surface area (Å²) >= 11 is 5.95. The van der Waals surface area contributed by atoms with Crippen LogP contribution in [0.3, 0.4) is 0 Å². The predicted molar refractivity (Wildman–Crippen MR) is 97.1 cm³/mol. The molecule has 2 N–H and O–H groups in total. The molecule has 0 saturated carbocycles. The van der Waals surface area contributed by atoms with E-state index in [4.69, 9.17) is 21.1 Å². The molecule has 2 aliphatic heterocycles. The van der Waals surface area contributed by atoms with E-state index >= 15 is 0 Å². The molecule has 2 aliphatic rings. The van der Waals surface area contributed by atoms with Gasteiger partial charge in [0.05, 0.1) is 24.9 Å². The van der Waals surface area contributed by atoms with Crippen LogP contribution in [0.5, 0.6) is 5.75 Å². The molecule has 0 amide bonds. The molecule has 5 nitrogen and oxygen atoms in total. The Kier molecular flexibility index (Phi) is 5.85. The number of aryl methyl sites for hydroxylation is 1. The maximum absolute atomic E-state index is 5.95. The normalized spacial score (nSPS) is 25.8. The summed E-state index contributed by atoms with van der Waals surface area (Å²) in [6.45, 7) is 3.47. The lowest BCUT2D eigenvalue weighted by molar-refractivity contribution is 0.0992. The van der Waals surface area contributed by atoms with E-state index < -0.39 is 0 Å². The number of ether oxygens (including phenoxy) is 2. The number of nitrogens with one attached hydrogen (secondary N) is 2. The van der Waals surface area contributed by atoms with E-state index in [9.17, 15) is 0 Å². The van der Waals surface area contributed by atoms with Crippen LogP contribution in [0.4, 0.5) is 0 Å². The molecular formula is C18H26ClN3O2. The van der Waals surface area contributed by atoms with Crippen LogP contribution in [-0.4, -0.2) is 44.4 Å². The van der Waals surface area contributed by atoms with Crippen LogP contribution >= 0.6 is 11.6 Å². The summed E-state index contributed by atoms with van der Waals surface area (Å²) in [7, 11) is 1.80. The lowest BCUT2D eigenvalue weighted by Gasteiger charge is -2.22. The van der Waals surface area contributed by atoms with Gasteiger partial charge >= 0.3 is 0 Å². The summed E-state index contributed by atoms with van der Waals surface area (Å²) in [5.41, 5.74) is 1.06. The molecule has 2 fully saturated rings. The minimum Gasteiger partial charge on any atom is -0.493 e. The van der Waals surface area contributed by atoms with Gasteiger partial charge < -0.3 is 20.1 Å². The van der Waals surface area contributed by atoms with E-state index in [0.717, 1.165) is 48.1 Å². The van der Waals surface area contributed by atoms with Crippen LogP contribution in [0.2, 0.25) is 5.02 Å². The largest absolute Gasteiger partial charge is 0.493 e. The fourth-order valence-corrected chi connectivity index (χ4v) is 3.62. The minimum atomic E-state index is 0.352. The van der Waals surface area contributed by atoms with E-state index in [1.807, 2.05) is 25.1 Å². The molecule has 2 saturated heterocycles. The van der Waals surface area contributed by atoms with Gasteiger partial charge in [0.2, 0.25) is 0 Å². The number of guanidine groups is 1. The molecule has 6 heteroatoms. The van der Waals surface area contributed by atoms with Crippen molar-refractivity contribution < 1.29 is 9.47 Å². The zero-order chi connectivity index (χ0) is 16.9. The lowest BCUT2D eigenvalue weighted by Crippen LogP contribution is -2.47. The van der Waals surface area contributed by atoms with Gasteiger partial charge in [-0.1, -0.05) is 11.6 Å². The van der Waals surface area contributed by atoms with Crippen molar-refractivity contribution in [1.29, 1.82) is 0 Å². The monoisotopic (exact) mass is 351 g/mol. The smallest absolute Gasteiger partial charge is 0.191 e. The zero-order valence-electron chi connectivity index (χ0n) is 14.3. The molecule has 1 aromatic carbocycles. The van der Waals surface area contributed by atoms with Gasteiger partial charge in [-0.15, -0.1) is 0 Å². The molecular weight excluding hydrogens is 326 g/mol. The van der Waals surface area contributed by atoms with Crippen molar-refractivity contribution in [1.82, 2.24) is 10.6 Å². The Morgan fingerprint density at radius 3 is 2.96 bits per heavy atom. The van der Waals surface area contributed by atoms with Gasteiger partial charge in [-0.05, 0) is 56.4 Å². The van der Waals surface area contributed by atoms with Crippen molar-refractivity contribution in [2.24, 2.45) is 4.99 Å². The van der Waals surface area contributed by atoms with Crippen LogP contribution < -0.4 is 15.4 Å². The van der Waals surface area contributed by atoms with E-state index in [1.54, 1.807) is 7.05 Å². The van der Waals surface area contributed by atoms with Crippen LogP contribution in [0.1, 0.15) is 31.2 Å². The van der Waals surface area contributed by atoms with E-state index in [-0.39, 0.29) is 0 Å². The Labute approximate surface area is 148 Å². The SMILES string of the molecule is CN=C(NCCCOc1ccc(Cl)cc1C)NC1CC2CCC1O2. The Bertz CT molecular complexity index is 594. The van der Waals surface area contributed by atoms with Crippen LogP contribution in [0.25, 0.3) is 0 Å². The average molecular weight is 352 g/mol. The highest BCUT2D eigenvalue weighted by atomic mass is 35.5. The first-order chi connectivity index (χ1) is 11.7. The van der Waals surface area contributed by atoms with Crippen LogP contribution in [-0.2, 0) is 4.74 Å². The van der Waals surface area contributed by atoms with Crippen molar-refractivity contribution in [2.75, 3.05) is 20.2 Å². The lowest BCUT2D eigenvalue weighted by atomic mass is 9.96. The van der Waals surface area contributed by atoms with E-state index in [1.165, 1.54) is 6.42 Å². The Hall–Kier alpha value is -1.46. The minimum absolute atomic E-state index is 0.352. The number of benzene rings is 1. The molecule has 3 atom stereocenters. The van der Waals surface area contributed by atoms with Gasteiger partial charge in [-0.25, -0.2) is 0 Å². The van der Waals surface area contributed by atoms with Crippen molar-refractivity contribution in [3.63, 3.8) is 0 Å². The van der Waals surface area contributed by atoms with Gasteiger partial charge in [0.1, 0.15) is 5.75 Å². The number of aliphatic imine (C=N–C) groups is 1. The highest BCUT2D eigenvalue weighted by molar-refractivity contribution is 6.30. The van der Waals surface area contributed by atoms with Crippen LogP contribution in [0.15, 0.2) is 23.2 Å². The first-order valence-electron chi connectivity index (χ1n) is 8.67. The summed E-state index contributed by atoms with van der Waals surface area (Å²) in [6.07, 6.45) is 5.15. The number of nitrogens with zero attached hydrogens (tertiary/aromatic N) is 1. The van der Waals surface area contributed by atoms with Crippen molar-refractivity contribution >= 4 is 17.6 Å². The van der Waals surface area contributed by atoms with E-state index in [0.29, 0.717) is 24.9 Å². The van der Waals surface area contributed by atoms with Crippen molar-refractivity contribution in [2.45, 2.75) is 50.9 Å². The molecule has 0 spiro atoms. The molecule has 3 rings (SSSR count). The highest BCUT2D eigenvalue weighted by Gasteiger charge is 2.41. The zero-order valence-corrected chi connectivity index (χ0v) is 15.1. The summed E-state index contributed by atoms with van der Waals surface area (Å²) in [5.74, 6) is 1.74. The quantitative estimate of drug-likeness (QED) is 0.470. The molecule has 0 aromatic heterocycles. The fourth-order valence-electron chi connectivity index (χ4n) is 3.40. The topological polar surface area (TPSA) is 54.9 Å². The number of hydrogen-bond donors (Lipinski definition) is 2. The average Bonchev–Trinajstić information content (AvgIpc) is 3.18. The number of fused-ring (bicyclic) bond motifs is 2. The molecule has 3 unspecified atom stereocenters. The standard InChI is InChI=1S/C18H26ClN3O2/c1-12-10-13(19)4-6-16(12)23-9-3-8-21-18(20-2)22-15-11-14-5-7-17(15)24-14/h4,6,10,14-15,17H,3,5,7-9,11H2,1-2H3,(H2,20,21,22). The number of halogens is 1. The maximum atomic E-state index is 5.95. The summed E-state index contributed by atoms with van der Waals surface area (Å²) < 4.78 is 11.7. The molecule has 2 bridgehead atoms. The second kappa shape index (κ2) is 8.08. The van der Waals surface area contributed by atoms with Crippen LogP contribution in [0, 0.1) is 6.92 Å². The Morgan fingerprint density at radius 2 is 2.29 bits per heavy atom. The third kappa shape index (κ3) is 4.33. The third-order valence-corrected chi connectivity index (χ3v) is 4.89. The molecule has 0 radical (unpaired) electrons. The van der Waals surface area contributed by atoms with Gasteiger partial charge in [-0.2, -0.15) is 0 Å². The molecule has 24 heavy (non-hydrogen) atoms. The third-order valence-electron chi connectivity index (χ3n) is 4.66. The number of rotatable bonds is 6. The summed E-state index contributed by atoms with van der Waals surface area (Å²) in [6, 6.07) is 6.08. The van der Waals surface area contributed by atoms with Gasteiger partial charge in [-0.3, -0.25) is 4.99 Å². The van der Waals surface area contributed by atoms with Crippen molar-refractivity contribution in [3.05, 3.63) is 28.8 Å². The Balaban J connectivity index is 1.34. The molecule has 2 heterocycles. The second-order valence-electron chi connectivity index (χ2n) is 6.47. The first kappa shape index (κ1) is 17.4. The predicted octanol–water partition coefficient (Wildman–Crippen LogP) is 2.90. The van der Waals surface area contributed by atoms with Gasteiger partial charge in [0.15, 0.2) is 5.96 Å². The van der Waals surface area contributed by atoms with E-state index in [2.05, 4.69) is 15.6 Å². The maximum Gasteiger partial charge on any atom is 0.191 e. The summed E-state index contributed by atoms with van der Waals surface area (Å²) in [5, 5.41) is 7.56. The molecule has 0 aliphatic carbocycles. The molecule has 1 aromatic rings. The Morgan fingerprint density at radius 1 is 1.42 bits per heavy atom. The fraction of sp³-hybridized carbons (Fsp3) is 0.611. The summed E-state index contributed by atoms with van der Waals surface area (Å²) in [4.78, 5) is 4.30. The highest BCUT2D eigenvalue weighted by Crippen LogP contribution is 2.34.